The van der Waals surface area contributed by atoms with Gasteiger partial charge < -0.3 is 0 Å². The molecule has 0 fully saturated rings. The van der Waals surface area contributed by atoms with Gasteiger partial charge in [0.15, 0.2) is 0 Å². The fraction of sp³-hybridized carbons (Fsp3) is 0.0769. The summed E-state index contributed by atoms with van der Waals surface area (Å²) in [7, 11) is 0. The van der Waals surface area contributed by atoms with Crippen LogP contribution in [0.4, 0.5) is 0 Å². The monoisotopic (exact) mass is 552 g/mol. The smallest absolute Gasteiger partial charge is 0.146 e. The zero-order valence-electron chi connectivity index (χ0n) is 24.0. The maximum absolute atomic E-state index is 5.15. The van der Waals surface area contributed by atoms with Gasteiger partial charge in [0.2, 0.25) is 0 Å². The van der Waals surface area contributed by atoms with Crippen LogP contribution in [-0.2, 0) is 5.41 Å². The van der Waals surface area contributed by atoms with Crippen LogP contribution in [0.15, 0.2) is 134 Å². The molecule has 0 radical (unpaired) electrons. The van der Waals surface area contributed by atoms with Crippen molar-refractivity contribution in [3.05, 3.63) is 145 Å². The van der Waals surface area contributed by atoms with Gasteiger partial charge in [-0.05, 0) is 65.0 Å². The third kappa shape index (κ3) is 3.38. The Morgan fingerprint density at radius 3 is 1.93 bits per heavy atom. The first-order valence-corrected chi connectivity index (χ1v) is 14.8. The van der Waals surface area contributed by atoms with Crippen molar-refractivity contribution in [3.8, 4) is 5.82 Å². The van der Waals surface area contributed by atoms with Crippen LogP contribution < -0.4 is 0 Å². The summed E-state index contributed by atoms with van der Waals surface area (Å²) >= 11 is 0. The molecule has 43 heavy (non-hydrogen) atoms. The summed E-state index contributed by atoms with van der Waals surface area (Å²) in [6.45, 7) is 4.65. The number of hydrogen-bond donors (Lipinski definition) is 0. The van der Waals surface area contributed by atoms with Crippen LogP contribution in [0.25, 0.3) is 66.0 Å². The number of pyridine rings is 2. The van der Waals surface area contributed by atoms with Gasteiger partial charge in [-0.15, -0.1) is 0 Å². The average molecular weight is 553 g/mol. The summed E-state index contributed by atoms with van der Waals surface area (Å²) in [6, 6.07) is 45.7. The first kappa shape index (κ1) is 24.2. The molecule has 4 nitrogen and oxygen atoms in total. The summed E-state index contributed by atoms with van der Waals surface area (Å²) < 4.78 is 4.61. The van der Waals surface area contributed by atoms with Crippen molar-refractivity contribution < 1.29 is 0 Å². The van der Waals surface area contributed by atoms with Crippen molar-refractivity contribution in [2.45, 2.75) is 19.3 Å². The second kappa shape index (κ2) is 8.76. The number of para-hydroxylation sites is 4. The molecular weight excluding hydrogens is 524 g/mol. The Labute approximate surface area is 248 Å². The zero-order chi connectivity index (χ0) is 28.7. The first-order valence-electron chi connectivity index (χ1n) is 14.8. The van der Waals surface area contributed by atoms with Gasteiger partial charge in [0.05, 0.1) is 27.6 Å². The zero-order valence-corrected chi connectivity index (χ0v) is 24.0. The standard InChI is InChI=1S/C39H28N4/c1-39(2,26-19-21-30-29-12-4-6-14-33(29)42(36(30)24-26)37-17-9-10-22-40-37)25-18-20-27-28-11-3-7-15-34(28)43-35-16-8-5-13-32(35)41-38(43)31(27)23-25/h3-24H,1-2H3. The van der Waals surface area contributed by atoms with Gasteiger partial charge in [0.1, 0.15) is 11.5 Å². The van der Waals surface area contributed by atoms with E-state index in [-0.39, 0.29) is 5.41 Å². The van der Waals surface area contributed by atoms with E-state index in [9.17, 15) is 0 Å². The van der Waals surface area contributed by atoms with Crippen molar-refractivity contribution in [1.82, 2.24) is 18.9 Å². The van der Waals surface area contributed by atoms with Gasteiger partial charge in [-0.2, -0.15) is 0 Å². The summed E-state index contributed by atoms with van der Waals surface area (Å²) in [4.78, 5) is 9.88. The van der Waals surface area contributed by atoms with Crippen LogP contribution in [0.1, 0.15) is 25.0 Å². The first-order chi connectivity index (χ1) is 21.1. The third-order valence-corrected chi connectivity index (χ3v) is 9.25. The summed E-state index contributed by atoms with van der Waals surface area (Å²) in [5, 5.41) is 6.10. The molecule has 0 bridgehead atoms. The molecule has 0 aliphatic heterocycles. The fourth-order valence-corrected chi connectivity index (χ4v) is 6.96. The van der Waals surface area contributed by atoms with Crippen LogP contribution in [0, 0.1) is 0 Å². The lowest BCUT2D eigenvalue weighted by Crippen LogP contribution is -2.19. The van der Waals surface area contributed by atoms with Crippen LogP contribution >= 0.6 is 0 Å². The summed E-state index contributed by atoms with van der Waals surface area (Å²) in [5.74, 6) is 0.926. The van der Waals surface area contributed by atoms with Crippen LogP contribution in [0.2, 0.25) is 0 Å². The second-order valence-electron chi connectivity index (χ2n) is 11.9. The summed E-state index contributed by atoms with van der Waals surface area (Å²) in [5.41, 5.74) is 8.90. The van der Waals surface area contributed by atoms with Gasteiger partial charge in [0, 0.05) is 33.2 Å². The number of hydrogen-bond acceptors (Lipinski definition) is 2. The lowest BCUT2D eigenvalue weighted by molar-refractivity contribution is 0.642. The molecule has 0 aliphatic carbocycles. The Bertz CT molecular complexity index is 2530. The number of nitrogens with zero attached hydrogens (tertiary/aromatic N) is 4. The van der Waals surface area contributed by atoms with Gasteiger partial charge in [-0.1, -0.05) is 92.7 Å². The van der Waals surface area contributed by atoms with Gasteiger partial charge in [0.25, 0.3) is 0 Å². The minimum atomic E-state index is -0.261. The molecule has 0 atom stereocenters. The Balaban J connectivity index is 1.30. The van der Waals surface area contributed by atoms with Crippen LogP contribution in [0.3, 0.4) is 0 Å². The fourth-order valence-electron chi connectivity index (χ4n) is 6.96. The number of fused-ring (bicyclic) bond motifs is 11. The maximum Gasteiger partial charge on any atom is 0.146 e. The molecule has 0 saturated heterocycles. The number of benzene rings is 5. The Kier molecular flexibility index (Phi) is 4.92. The highest BCUT2D eigenvalue weighted by molar-refractivity contribution is 6.14. The van der Waals surface area contributed by atoms with Gasteiger partial charge >= 0.3 is 0 Å². The number of rotatable bonds is 3. The molecule has 5 aromatic carbocycles. The largest absolute Gasteiger partial charge is 0.294 e. The SMILES string of the molecule is CC(C)(c1ccc2c3ccccc3n3c4ccccc4nc3c2c1)c1ccc2c3ccccc3n(-c3ccccn3)c2c1. The van der Waals surface area contributed by atoms with E-state index in [0.717, 1.165) is 28.0 Å². The summed E-state index contributed by atoms with van der Waals surface area (Å²) in [6.07, 6.45) is 1.86. The highest BCUT2D eigenvalue weighted by Crippen LogP contribution is 2.40. The average Bonchev–Trinajstić information content (AvgIpc) is 3.61. The Hall–Kier alpha value is -5.48. The number of imidazole rings is 1. The molecule has 9 aromatic rings. The van der Waals surface area contributed by atoms with E-state index in [1.165, 1.54) is 49.1 Å². The molecule has 4 heterocycles. The van der Waals surface area contributed by atoms with E-state index in [4.69, 9.17) is 9.97 Å². The predicted molar refractivity (Wildman–Crippen MR) is 178 cm³/mol. The van der Waals surface area contributed by atoms with Crippen LogP contribution in [-0.4, -0.2) is 18.9 Å². The van der Waals surface area contributed by atoms with Gasteiger partial charge in [-0.25, -0.2) is 9.97 Å². The van der Waals surface area contributed by atoms with Gasteiger partial charge in [-0.3, -0.25) is 8.97 Å². The van der Waals surface area contributed by atoms with E-state index in [1.54, 1.807) is 0 Å². The maximum atomic E-state index is 5.15. The normalized spacial score (nSPS) is 12.4. The van der Waals surface area contributed by atoms with Crippen molar-refractivity contribution in [3.63, 3.8) is 0 Å². The third-order valence-electron chi connectivity index (χ3n) is 9.25. The Morgan fingerprint density at radius 2 is 1.14 bits per heavy atom. The quantitative estimate of drug-likeness (QED) is 0.205. The lowest BCUT2D eigenvalue weighted by atomic mass is 9.77. The lowest BCUT2D eigenvalue weighted by Gasteiger charge is -2.27. The van der Waals surface area contributed by atoms with E-state index in [1.807, 2.05) is 12.3 Å². The van der Waals surface area contributed by atoms with Crippen LogP contribution in [0.5, 0.6) is 0 Å². The van der Waals surface area contributed by atoms with E-state index in [2.05, 4.69) is 144 Å². The molecule has 0 N–H and O–H groups in total. The molecule has 4 aromatic heterocycles. The molecule has 0 saturated carbocycles. The van der Waals surface area contributed by atoms with E-state index >= 15 is 0 Å². The molecule has 0 amide bonds. The molecule has 9 rings (SSSR count). The number of aromatic nitrogens is 4. The molecule has 0 unspecified atom stereocenters. The van der Waals surface area contributed by atoms with Crippen molar-refractivity contribution in [1.29, 1.82) is 0 Å². The topological polar surface area (TPSA) is 35.1 Å². The predicted octanol–water partition coefficient (Wildman–Crippen LogP) is 9.61. The molecule has 0 spiro atoms. The van der Waals surface area contributed by atoms with E-state index in [0.29, 0.717) is 0 Å². The second-order valence-corrected chi connectivity index (χ2v) is 11.9. The van der Waals surface area contributed by atoms with Crippen molar-refractivity contribution >= 4 is 60.2 Å². The Morgan fingerprint density at radius 1 is 0.512 bits per heavy atom. The minimum absolute atomic E-state index is 0.261. The van der Waals surface area contributed by atoms with Crippen molar-refractivity contribution in [2.75, 3.05) is 0 Å². The minimum Gasteiger partial charge on any atom is -0.294 e. The molecular formula is C39H28N4. The molecule has 4 heteroatoms. The highest BCUT2D eigenvalue weighted by Gasteiger charge is 2.26. The van der Waals surface area contributed by atoms with Crippen molar-refractivity contribution in [2.24, 2.45) is 0 Å². The van der Waals surface area contributed by atoms with E-state index < -0.39 is 0 Å². The molecule has 204 valence electrons. The highest BCUT2D eigenvalue weighted by atomic mass is 15.1. The molecule has 0 aliphatic rings.